The summed E-state index contributed by atoms with van der Waals surface area (Å²) in [4.78, 5) is 22.4. The number of hydrogen-bond donors (Lipinski definition) is 1. The smallest absolute Gasteiger partial charge is 0.309 e. The molecule has 0 fully saturated rings. The molecule has 9 heteroatoms. The summed E-state index contributed by atoms with van der Waals surface area (Å²) in [5.74, 6) is -0.0708. The number of aliphatic carboxylic acids is 1. The molecule has 2 aromatic carbocycles. The van der Waals surface area contributed by atoms with Gasteiger partial charge in [0.25, 0.3) is 5.19 Å². The van der Waals surface area contributed by atoms with E-state index in [1.165, 1.54) is 11.3 Å². The molecular weight excluding hydrogens is 591 g/mol. The first kappa shape index (κ1) is 31.6. The Balaban J connectivity index is 1.57. The SMILES string of the molecule is COc1nc(-c2ccc(Cn3c(CC(C)(C)C(=O)O)c(SC(C)(C)C)c4cc(OCc5ccc(C)cn5)ccc43)cc2)cs1. The van der Waals surface area contributed by atoms with Gasteiger partial charge in [0.05, 0.1) is 23.9 Å². The minimum Gasteiger partial charge on any atom is -0.487 e. The molecule has 0 atom stereocenters. The summed E-state index contributed by atoms with van der Waals surface area (Å²) >= 11 is 3.24. The molecule has 7 nitrogen and oxygen atoms in total. The number of fused-ring (bicyclic) bond motifs is 1. The Labute approximate surface area is 267 Å². The van der Waals surface area contributed by atoms with Gasteiger partial charge in [0.2, 0.25) is 0 Å². The van der Waals surface area contributed by atoms with Gasteiger partial charge in [-0.25, -0.2) is 4.98 Å². The predicted octanol–water partition coefficient (Wildman–Crippen LogP) is 8.65. The molecule has 44 heavy (non-hydrogen) atoms. The molecule has 0 amide bonds. The second-order valence-electron chi connectivity index (χ2n) is 12.6. The van der Waals surface area contributed by atoms with E-state index in [-0.39, 0.29) is 4.75 Å². The lowest BCUT2D eigenvalue weighted by Crippen LogP contribution is -2.28. The molecule has 3 heterocycles. The Bertz CT molecular complexity index is 1770. The Kier molecular flexibility index (Phi) is 9.09. The maximum absolute atomic E-state index is 12.3. The minimum absolute atomic E-state index is 0.0971. The first-order valence-corrected chi connectivity index (χ1v) is 16.2. The number of carboxylic acids is 1. The standard InChI is InChI=1S/C35H39N3O4S2/c1-22-8-13-25(36-18-22)20-42-26-14-15-29-27(16-26)31(44-34(2,3)4)30(17-35(5,6)32(39)40)38(29)19-23-9-11-24(12-10-23)28-21-43-33(37-28)41-7/h8-16,18,21H,17,19-20H2,1-7H3,(H,39,40). The molecule has 3 aromatic heterocycles. The Hall–Kier alpha value is -3.82. The van der Waals surface area contributed by atoms with Crippen molar-refractivity contribution in [1.29, 1.82) is 0 Å². The Morgan fingerprint density at radius 1 is 1.05 bits per heavy atom. The normalized spacial score (nSPS) is 12.1. The van der Waals surface area contributed by atoms with Crippen LogP contribution in [0.5, 0.6) is 10.9 Å². The van der Waals surface area contributed by atoms with Crippen LogP contribution in [0.2, 0.25) is 0 Å². The molecular formula is C35H39N3O4S2. The van der Waals surface area contributed by atoms with Crippen LogP contribution in [-0.4, -0.2) is 37.5 Å². The number of hydrogen-bond acceptors (Lipinski definition) is 7. The van der Waals surface area contributed by atoms with Gasteiger partial charge in [0.1, 0.15) is 12.4 Å². The zero-order valence-electron chi connectivity index (χ0n) is 26.3. The van der Waals surface area contributed by atoms with Crippen molar-refractivity contribution in [1.82, 2.24) is 14.5 Å². The number of ether oxygens (including phenoxy) is 2. The van der Waals surface area contributed by atoms with E-state index >= 15 is 0 Å². The van der Waals surface area contributed by atoms with Crippen LogP contribution in [0.25, 0.3) is 22.2 Å². The molecule has 5 rings (SSSR count). The maximum Gasteiger partial charge on any atom is 0.309 e. The molecule has 1 N–H and O–H groups in total. The highest BCUT2D eigenvalue weighted by Crippen LogP contribution is 2.44. The van der Waals surface area contributed by atoms with Crippen molar-refractivity contribution < 1.29 is 19.4 Å². The molecule has 0 saturated heterocycles. The van der Waals surface area contributed by atoms with Crippen molar-refractivity contribution in [2.45, 2.75) is 70.8 Å². The third-order valence-corrected chi connectivity index (χ3v) is 9.37. The summed E-state index contributed by atoms with van der Waals surface area (Å²) in [7, 11) is 1.62. The number of carbonyl (C=O) groups is 1. The molecule has 0 bridgehead atoms. The lowest BCUT2D eigenvalue weighted by Gasteiger charge is -2.24. The van der Waals surface area contributed by atoms with Gasteiger partial charge in [-0.05, 0) is 56.2 Å². The summed E-state index contributed by atoms with van der Waals surface area (Å²) < 4.78 is 13.7. The second-order valence-corrected chi connectivity index (χ2v) is 15.3. The van der Waals surface area contributed by atoms with Gasteiger partial charge in [-0.1, -0.05) is 62.4 Å². The quantitative estimate of drug-likeness (QED) is 0.146. The fourth-order valence-corrected chi connectivity index (χ4v) is 6.74. The van der Waals surface area contributed by atoms with E-state index in [1.807, 2.05) is 36.7 Å². The van der Waals surface area contributed by atoms with Gasteiger partial charge < -0.3 is 19.1 Å². The van der Waals surface area contributed by atoms with Crippen LogP contribution < -0.4 is 9.47 Å². The lowest BCUT2D eigenvalue weighted by molar-refractivity contribution is -0.146. The molecule has 0 radical (unpaired) electrons. The number of carboxylic acid groups (broad SMARTS) is 1. The minimum atomic E-state index is -0.955. The summed E-state index contributed by atoms with van der Waals surface area (Å²) in [5.41, 5.74) is 6.08. The monoisotopic (exact) mass is 629 g/mol. The molecule has 0 aliphatic carbocycles. The van der Waals surface area contributed by atoms with Gasteiger partial charge in [0.15, 0.2) is 0 Å². The van der Waals surface area contributed by atoms with E-state index in [1.54, 1.807) is 32.7 Å². The predicted molar refractivity (Wildman–Crippen MR) is 179 cm³/mol. The fraction of sp³-hybridized carbons (Fsp3) is 0.343. The van der Waals surface area contributed by atoms with Crippen LogP contribution in [0.3, 0.4) is 0 Å². The lowest BCUT2D eigenvalue weighted by atomic mass is 9.88. The van der Waals surface area contributed by atoms with E-state index in [0.717, 1.165) is 55.3 Å². The number of aromatic nitrogens is 3. The van der Waals surface area contributed by atoms with Crippen molar-refractivity contribution >= 4 is 40.0 Å². The van der Waals surface area contributed by atoms with Crippen LogP contribution in [0, 0.1) is 12.3 Å². The molecule has 0 saturated carbocycles. The number of methoxy groups -OCH3 is 1. The van der Waals surface area contributed by atoms with Gasteiger partial charge >= 0.3 is 5.97 Å². The molecule has 0 aliphatic heterocycles. The van der Waals surface area contributed by atoms with E-state index in [9.17, 15) is 9.90 Å². The Morgan fingerprint density at radius 3 is 2.41 bits per heavy atom. The Morgan fingerprint density at radius 2 is 1.80 bits per heavy atom. The van der Waals surface area contributed by atoms with Gasteiger partial charge in [-0.15, -0.1) is 11.8 Å². The average Bonchev–Trinajstić information content (AvgIpc) is 3.56. The van der Waals surface area contributed by atoms with Crippen molar-refractivity contribution in [2.75, 3.05) is 7.11 Å². The molecule has 0 spiro atoms. The highest BCUT2D eigenvalue weighted by molar-refractivity contribution is 8.00. The number of aryl methyl sites for hydroxylation is 1. The average molecular weight is 630 g/mol. The van der Waals surface area contributed by atoms with Crippen LogP contribution >= 0.6 is 23.1 Å². The summed E-state index contributed by atoms with van der Waals surface area (Å²) in [6.45, 7) is 13.1. The van der Waals surface area contributed by atoms with Crippen molar-refractivity contribution in [3.05, 3.63) is 88.7 Å². The van der Waals surface area contributed by atoms with E-state index < -0.39 is 11.4 Å². The highest BCUT2D eigenvalue weighted by atomic mass is 32.2. The third kappa shape index (κ3) is 7.27. The van der Waals surface area contributed by atoms with Crippen LogP contribution in [0.15, 0.2) is 71.1 Å². The van der Waals surface area contributed by atoms with Crippen molar-refractivity contribution in [3.63, 3.8) is 0 Å². The van der Waals surface area contributed by atoms with Gasteiger partial charge in [-0.3, -0.25) is 9.78 Å². The van der Waals surface area contributed by atoms with Gasteiger partial charge in [0, 0.05) is 56.3 Å². The summed E-state index contributed by atoms with van der Waals surface area (Å²) in [5, 5.41) is 13.8. The molecule has 230 valence electrons. The molecule has 0 aliphatic rings. The first-order chi connectivity index (χ1) is 20.8. The van der Waals surface area contributed by atoms with Crippen LogP contribution in [-0.2, 0) is 24.4 Å². The number of rotatable bonds is 11. The van der Waals surface area contributed by atoms with E-state index in [4.69, 9.17) is 9.47 Å². The number of benzene rings is 2. The number of pyridine rings is 1. The molecule has 0 unspecified atom stereocenters. The fourth-order valence-electron chi connectivity index (χ4n) is 4.90. The summed E-state index contributed by atoms with van der Waals surface area (Å²) in [6, 6.07) is 18.6. The largest absolute Gasteiger partial charge is 0.487 e. The first-order valence-electron chi connectivity index (χ1n) is 14.5. The maximum atomic E-state index is 12.3. The third-order valence-electron chi connectivity index (χ3n) is 7.30. The number of nitrogens with zero attached hydrogens (tertiary/aromatic N) is 3. The topological polar surface area (TPSA) is 86.5 Å². The highest BCUT2D eigenvalue weighted by Gasteiger charge is 2.33. The van der Waals surface area contributed by atoms with Crippen molar-refractivity contribution in [3.8, 4) is 22.2 Å². The zero-order valence-corrected chi connectivity index (χ0v) is 27.9. The van der Waals surface area contributed by atoms with Crippen molar-refractivity contribution in [2.24, 2.45) is 5.41 Å². The van der Waals surface area contributed by atoms with E-state index in [0.29, 0.717) is 24.8 Å². The number of thiazole rings is 1. The van der Waals surface area contributed by atoms with Gasteiger partial charge in [-0.2, -0.15) is 0 Å². The molecule has 5 aromatic rings. The van der Waals surface area contributed by atoms with Crippen LogP contribution in [0.4, 0.5) is 0 Å². The zero-order chi connectivity index (χ0) is 31.6. The second kappa shape index (κ2) is 12.7. The number of thioether (sulfide) groups is 1. The van der Waals surface area contributed by atoms with E-state index in [2.05, 4.69) is 71.7 Å². The summed E-state index contributed by atoms with van der Waals surface area (Å²) in [6.07, 6.45) is 2.23. The van der Waals surface area contributed by atoms with Crippen LogP contribution in [0.1, 0.15) is 57.1 Å².